The minimum Gasteiger partial charge on any atom is -0.298 e. The fourth-order valence-corrected chi connectivity index (χ4v) is 2.05. The average Bonchev–Trinajstić information content (AvgIpc) is 2.55. The van der Waals surface area contributed by atoms with Crippen LogP contribution < -0.4 is 0 Å². The van der Waals surface area contributed by atoms with Crippen LogP contribution in [-0.4, -0.2) is 16.1 Å². The van der Waals surface area contributed by atoms with Gasteiger partial charge in [-0.15, -0.1) is 0 Å². The number of carbonyl (C=O) groups excluding carboxylic acids is 1. The molecule has 1 aromatic carbocycles. The van der Waals surface area contributed by atoms with Crippen LogP contribution in [0.4, 0.5) is 0 Å². The first kappa shape index (κ1) is 10.9. The molecule has 0 aliphatic rings. The van der Waals surface area contributed by atoms with Gasteiger partial charge in [0.15, 0.2) is 6.29 Å². The van der Waals surface area contributed by atoms with E-state index in [1.54, 1.807) is 0 Å². The lowest BCUT2D eigenvalue weighted by Crippen LogP contribution is -1.97. The van der Waals surface area contributed by atoms with Crippen molar-refractivity contribution in [3.8, 4) is 0 Å². The predicted molar refractivity (Wildman–Crippen MR) is 64.6 cm³/mol. The Morgan fingerprint density at radius 2 is 2.19 bits per heavy atom. The Morgan fingerprint density at radius 1 is 1.44 bits per heavy atom. The van der Waals surface area contributed by atoms with Crippen molar-refractivity contribution in [2.75, 3.05) is 0 Å². The number of aromatic nitrogens is 2. The second kappa shape index (κ2) is 4.08. The third kappa shape index (κ3) is 1.73. The Bertz CT molecular complexity index is 526. The number of benzene rings is 1. The van der Waals surface area contributed by atoms with E-state index < -0.39 is 0 Å². The molecule has 0 amide bonds. The molecule has 0 atom stereocenters. The molecule has 1 aromatic heterocycles. The molecule has 2 aromatic rings. The number of hydrogen-bond acceptors (Lipinski definition) is 2. The zero-order valence-electron chi connectivity index (χ0n) is 9.90. The van der Waals surface area contributed by atoms with Crippen LogP contribution in [0.3, 0.4) is 0 Å². The van der Waals surface area contributed by atoms with Gasteiger partial charge in [0.2, 0.25) is 0 Å². The van der Waals surface area contributed by atoms with Crippen LogP contribution in [0.1, 0.15) is 29.9 Å². The van der Waals surface area contributed by atoms with E-state index in [9.17, 15) is 4.79 Å². The molecule has 0 fully saturated rings. The summed E-state index contributed by atoms with van der Waals surface area (Å²) in [5.41, 5.74) is 2.79. The molecule has 16 heavy (non-hydrogen) atoms. The highest BCUT2D eigenvalue weighted by molar-refractivity contribution is 5.98. The van der Waals surface area contributed by atoms with Gasteiger partial charge in [-0.1, -0.05) is 26.0 Å². The quantitative estimate of drug-likeness (QED) is 0.739. The summed E-state index contributed by atoms with van der Waals surface area (Å²) < 4.78 is 1.85. The zero-order valence-corrected chi connectivity index (χ0v) is 9.90. The van der Waals surface area contributed by atoms with Crippen molar-refractivity contribution in [1.29, 1.82) is 0 Å². The van der Waals surface area contributed by atoms with E-state index in [1.807, 2.05) is 29.9 Å². The molecule has 3 nitrogen and oxygen atoms in total. The maximum absolute atomic E-state index is 11.0. The Labute approximate surface area is 95.1 Å². The van der Waals surface area contributed by atoms with Crippen molar-refractivity contribution >= 4 is 17.2 Å². The third-order valence-corrected chi connectivity index (χ3v) is 2.71. The molecule has 3 heteroatoms. The smallest absolute Gasteiger partial charge is 0.150 e. The van der Waals surface area contributed by atoms with Crippen molar-refractivity contribution in [2.24, 2.45) is 13.0 Å². The SMILES string of the molecule is CC(C)Cc1nn(C)c2cccc(C=O)c12. The topological polar surface area (TPSA) is 34.9 Å². The highest BCUT2D eigenvalue weighted by atomic mass is 16.1. The molecule has 2 rings (SSSR count). The van der Waals surface area contributed by atoms with E-state index in [2.05, 4.69) is 18.9 Å². The van der Waals surface area contributed by atoms with E-state index in [4.69, 9.17) is 0 Å². The van der Waals surface area contributed by atoms with Gasteiger partial charge in [0.1, 0.15) is 0 Å². The molecule has 0 unspecified atom stereocenters. The van der Waals surface area contributed by atoms with E-state index in [1.165, 1.54) is 0 Å². The summed E-state index contributed by atoms with van der Waals surface area (Å²) in [4.78, 5) is 11.0. The van der Waals surface area contributed by atoms with Crippen LogP contribution in [-0.2, 0) is 13.5 Å². The molecule has 0 N–H and O–H groups in total. The Kier molecular flexibility index (Phi) is 2.77. The molecule has 0 bridgehead atoms. The number of aryl methyl sites for hydroxylation is 1. The summed E-state index contributed by atoms with van der Waals surface area (Å²) in [6.07, 6.45) is 1.82. The van der Waals surface area contributed by atoms with Gasteiger partial charge in [-0.2, -0.15) is 5.10 Å². The maximum atomic E-state index is 11.0. The van der Waals surface area contributed by atoms with Gasteiger partial charge < -0.3 is 0 Å². The van der Waals surface area contributed by atoms with Crippen molar-refractivity contribution in [3.63, 3.8) is 0 Å². The number of rotatable bonds is 3. The van der Waals surface area contributed by atoms with Gasteiger partial charge in [-0.25, -0.2) is 0 Å². The number of hydrogen-bond donors (Lipinski definition) is 0. The summed E-state index contributed by atoms with van der Waals surface area (Å²) in [7, 11) is 1.92. The summed E-state index contributed by atoms with van der Waals surface area (Å²) >= 11 is 0. The second-order valence-electron chi connectivity index (χ2n) is 4.53. The van der Waals surface area contributed by atoms with E-state index in [0.29, 0.717) is 5.92 Å². The number of fused-ring (bicyclic) bond motifs is 1. The third-order valence-electron chi connectivity index (χ3n) is 2.71. The highest BCUT2D eigenvalue weighted by Crippen LogP contribution is 2.23. The van der Waals surface area contributed by atoms with Gasteiger partial charge in [0.05, 0.1) is 11.2 Å². The molecule has 84 valence electrons. The number of nitrogens with zero attached hydrogens (tertiary/aromatic N) is 2. The van der Waals surface area contributed by atoms with E-state index in [0.717, 1.165) is 34.9 Å². The first-order valence-electron chi connectivity index (χ1n) is 5.53. The second-order valence-corrected chi connectivity index (χ2v) is 4.53. The van der Waals surface area contributed by atoms with Gasteiger partial charge in [-0.3, -0.25) is 9.48 Å². The molecule has 0 saturated carbocycles. The maximum Gasteiger partial charge on any atom is 0.150 e. The lowest BCUT2D eigenvalue weighted by molar-refractivity contribution is 0.112. The molecule has 0 aliphatic carbocycles. The van der Waals surface area contributed by atoms with Crippen LogP contribution in [0.15, 0.2) is 18.2 Å². The Morgan fingerprint density at radius 3 is 2.81 bits per heavy atom. The molecule has 0 radical (unpaired) electrons. The van der Waals surface area contributed by atoms with E-state index >= 15 is 0 Å². The highest BCUT2D eigenvalue weighted by Gasteiger charge is 2.12. The van der Waals surface area contributed by atoms with Crippen LogP contribution in [0.2, 0.25) is 0 Å². The number of aldehydes is 1. The molecule has 1 heterocycles. The van der Waals surface area contributed by atoms with Gasteiger partial charge in [-0.05, 0) is 18.4 Å². The van der Waals surface area contributed by atoms with Gasteiger partial charge in [0.25, 0.3) is 0 Å². The number of carbonyl (C=O) groups is 1. The molecule has 0 spiro atoms. The van der Waals surface area contributed by atoms with Gasteiger partial charge >= 0.3 is 0 Å². The summed E-state index contributed by atoms with van der Waals surface area (Å²) in [6.45, 7) is 4.31. The Hall–Kier alpha value is -1.64. The first-order chi connectivity index (χ1) is 7.63. The summed E-state index contributed by atoms with van der Waals surface area (Å²) in [5.74, 6) is 0.540. The predicted octanol–water partition coefficient (Wildman–Crippen LogP) is 2.58. The zero-order chi connectivity index (χ0) is 11.7. The largest absolute Gasteiger partial charge is 0.298 e. The van der Waals surface area contributed by atoms with E-state index in [-0.39, 0.29) is 0 Å². The van der Waals surface area contributed by atoms with Gasteiger partial charge in [0, 0.05) is 18.0 Å². The minimum atomic E-state index is 0.540. The average molecular weight is 216 g/mol. The van der Waals surface area contributed by atoms with Crippen LogP contribution >= 0.6 is 0 Å². The van der Waals surface area contributed by atoms with Crippen molar-refractivity contribution in [1.82, 2.24) is 9.78 Å². The van der Waals surface area contributed by atoms with Crippen molar-refractivity contribution < 1.29 is 4.79 Å². The van der Waals surface area contributed by atoms with Crippen molar-refractivity contribution in [3.05, 3.63) is 29.5 Å². The summed E-state index contributed by atoms with van der Waals surface area (Å²) in [6, 6.07) is 5.74. The lowest BCUT2D eigenvalue weighted by atomic mass is 10.0. The fourth-order valence-electron chi connectivity index (χ4n) is 2.05. The van der Waals surface area contributed by atoms with Crippen LogP contribution in [0.25, 0.3) is 10.9 Å². The summed E-state index contributed by atoms with van der Waals surface area (Å²) in [5, 5.41) is 5.50. The fraction of sp³-hybridized carbons (Fsp3) is 0.385. The first-order valence-corrected chi connectivity index (χ1v) is 5.53. The molecule has 0 aliphatic heterocycles. The normalized spacial score (nSPS) is 11.2. The Balaban J connectivity index is 2.69. The molecular weight excluding hydrogens is 200 g/mol. The van der Waals surface area contributed by atoms with Crippen LogP contribution in [0, 0.1) is 5.92 Å². The minimum absolute atomic E-state index is 0.540. The van der Waals surface area contributed by atoms with Crippen LogP contribution in [0.5, 0.6) is 0 Å². The van der Waals surface area contributed by atoms with Crippen molar-refractivity contribution in [2.45, 2.75) is 20.3 Å². The standard InChI is InChI=1S/C13H16N2O/c1-9(2)7-11-13-10(8-16)5-4-6-12(13)15(3)14-11/h4-6,8-9H,7H2,1-3H3. The molecule has 0 saturated heterocycles. The monoisotopic (exact) mass is 216 g/mol. The lowest BCUT2D eigenvalue weighted by Gasteiger charge is -2.02. The molecular formula is C13H16N2O.